The van der Waals surface area contributed by atoms with Crippen LogP contribution >= 0.6 is 13.5 Å². The van der Waals surface area contributed by atoms with E-state index in [0.29, 0.717) is 0 Å². The first kappa shape index (κ1) is 78.8. The van der Waals surface area contributed by atoms with Crippen molar-refractivity contribution in [2.45, 2.75) is 0 Å². The SMILES string of the molecule is OB(O)O.OB(O)O.OB(O)O.OB(O)O.OB(O)O.OB(O)O.OB(O)O.OB(O)O.OB(O)O.OB(O)O.S.[NaH]. The average Bonchev–Trinajstić information content (AvgIpc) is 2.47. The summed E-state index contributed by atoms with van der Waals surface area (Å²) in [6.07, 6.45) is 0. The van der Waals surface area contributed by atoms with E-state index >= 15 is 0 Å². The Bertz CT molecular complexity index is 193. The van der Waals surface area contributed by atoms with Crippen LogP contribution in [-0.2, 0) is 0 Å². The first-order chi connectivity index (χ1) is 17.3. The van der Waals surface area contributed by atoms with E-state index in [1.54, 1.807) is 0 Å². The zero-order valence-electron chi connectivity index (χ0n) is 19.7. The zero-order valence-corrected chi connectivity index (χ0v) is 20.7. The van der Waals surface area contributed by atoms with Crippen LogP contribution < -0.4 is 0 Å². The molecule has 0 amide bonds. The molecule has 42 heavy (non-hydrogen) atoms. The van der Waals surface area contributed by atoms with Gasteiger partial charge in [-0.2, -0.15) is 13.5 Å². The van der Waals surface area contributed by atoms with E-state index in [1.165, 1.54) is 0 Å². The van der Waals surface area contributed by atoms with Crippen LogP contribution in [0.25, 0.3) is 0 Å². The number of hydrogen-bond donors (Lipinski definition) is 30. The molecular weight excluding hydrogens is 643 g/mol. The molecule has 30 nitrogen and oxygen atoms in total. The van der Waals surface area contributed by atoms with Crippen LogP contribution in [0.2, 0.25) is 0 Å². The maximum absolute atomic E-state index is 7.17. The first-order valence-corrected chi connectivity index (χ1v) is 7.75. The minimum atomic E-state index is -2.17. The van der Waals surface area contributed by atoms with Gasteiger partial charge in [0.2, 0.25) is 0 Å². The van der Waals surface area contributed by atoms with Crippen LogP contribution in [0.15, 0.2) is 0 Å². The van der Waals surface area contributed by atoms with Gasteiger partial charge in [0.05, 0.1) is 0 Å². The molecule has 30 N–H and O–H groups in total. The third-order valence-electron chi connectivity index (χ3n) is 0. The molecule has 0 fully saturated rings. The van der Waals surface area contributed by atoms with E-state index < -0.39 is 73.2 Å². The van der Waals surface area contributed by atoms with Gasteiger partial charge in [-0.05, 0) is 0 Å². The molecule has 0 aliphatic heterocycles. The van der Waals surface area contributed by atoms with Crippen LogP contribution in [0.5, 0.6) is 0 Å². The van der Waals surface area contributed by atoms with Crippen molar-refractivity contribution in [2.24, 2.45) is 0 Å². The van der Waals surface area contributed by atoms with E-state index in [9.17, 15) is 0 Å². The molecular formula is H33B10NaO30S. The molecule has 0 aliphatic rings. The van der Waals surface area contributed by atoms with Crippen LogP contribution in [0.3, 0.4) is 0 Å². The molecule has 0 aliphatic carbocycles. The third-order valence-corrected chi connectivity index (χ3v) is 0. The van der Waals surface area contributed by atoms with Gasteiger partial charge in [-0.3, -0.25) is 0 Å². The Morgan fingerprint density at radius 1 is 0.143 bits per heavy atom. The van der Waals surface area contributed by atoms with E-state index in [2.05, 4.69) is 0 Å². The second-order valence-electron chi connectivity index (χ2n) is 3.46. The van der Waals surface area contributed by atoms with Gasteiger partial charge >= 0.3 is 103 Å². The van der Waals surface area contributed by atoms with Crippen molar-refractivity contribution >= 4 is 116 Å². The second-order valence-corrected chi connectivity index (χ2v) is 3.46. The molecule has 0 aromatic rings. The van der Waals surface area contributed by atoms with Crippen molar-refractivity contribution in [3.63, 3.8) is 0 Å². The van der Waals surface area contributed by atoms with Gasteiger partial charge in [0, 0.05) is 0 Å². The standard InChI is InChI=1S/10BH3O3.Na.H2S.H/c10*2-1(3)4;;;/h10*2-4H;;1H2;. The molecule has 0 aromatic heterocycles. The Labute approximate surface area is 266 Å². The topological polar surface area (TPSA) is 607 Å². The van der Waals surface area contributed by atoms with E-state index in [0.717, 1.165) is 0 Å². The van der Waals surface area contributed by atoms with Gasteiger partial charge in [0.25, 0.3) is 0 Å². The summed E-state index contributed by atoms with van der Waals surface area (Å²) in [4.78, 5) is 0. The fraction of sp³-hybridized carbons (Fsp3) is 0. The number of rotatable bonds is 0. The van der Waals surface area contributed by atoms with Gasteiger partial charge in [-0.25, -0.2) is 0 Å². The fourth-order valence-electron chi connectivity index (χ4n) is 0. The molecule has 0 rings (SSSR count). The molecule has 250 valence electrons. The van der Waals surface area contributed by atoms with E-state index in [4.69, 9.17) is 151 Å². The molecule has 0 atom stereocenters. The third kappa shape index (κ3) is 101000. The summed E-state index contributed by atoms with van der Waals surface area (Å²) in [6.45, 7) is 0. The Hall–Kier alpha value is 0.799. The summed E-state index contributed by atoms with van der Waals surface area (Å²) in [5.41, 5.74) is 0. The van der Waals surface area contributed by atoms with Crippen LogP contribution in [0.1, 0.15) is 0 Å². The number of hydrogen-bond acceptors (Lipinski definition) is 30. The molecule has 0 radical (unpaired) electrons. The fourth-order valence-corrected chi connectivity index (χ4v) is 0. The summed E-state index contributed by atoms with van der Waals surface area (Å²) < 4.78 is 0. The van der Waals surface area contributed by atoms with Crippen molar-refractivity contribution in [1.82, 2.24) is 0 Å². The van der Waals surface area contributed by atoms with Gasteiger partial charge in [0.1, 0.15) is 0 Å². The van der Waals surface area contributed by atoms with Crippen LogP contribution in [0.4, 0.5) is 0 Å². The second kappa shape index (κ2) is 73.3. The average molecular weight is 676 g/mol. The van der Waals surface area contributed by atoms with Gasteiger partial charge in [-0.1, -0.05) is 0 Å². The summed E-state index contributed by atoms with van der Waals surface area (Å²) in [5.74, 6) is 0. The Morgan fingerprint density at radius 3 is 0.143 bits per heavy atom. The summed E-state index contributed by atoms with van der Waals surface area (Å²) >= 11 is 0. The Kier molecular flexibility index (Phi) is 138. The van der Waals surface area contributed by atoms with E-state index in [-0.39, 0.29) is 43.1 Å². The normalized spacial score (nSPS) is 6.43. The zero-order chi connectivity index (χ0) is 35.8. The first-order valence-electron chi connectivity index (χ1n) is 7.75. The molecule has 0 bridgehead atoms. The molecule has 0 heterocycles. The predicted molar refractivity (Wildman–Crippen MR) is 142 cm³/mol. The van der Waals surface area contributed by atoms with Gasteiger partial charge in [0.15, 0.2) is 0 Å². The molecule has 0 unspecified atom stereocenters. The molecule has 0 aromatic carbocycles. The Morgan fingerprint density at radius 2 is 0.143 bits per heavy atom. The predicted octanol–water partition coefficient (Wildman–Crippen LogP) is -21.1. The summed E-state index contributed by atoms with van der Waals surface area (Å²) in [7, 11) is -21.7. The van der Waals surface area contributed by atoms with Crippen LogP contribution in [-0.4, -0.2) is 253 Å². The molecule has 0 spiro atoms. The summed E-state index contributed by atoms with van der Waals surface area (Å²) in [5, 5.41) is 215. The molecule has 0 saturated carbocycles. The maximum atomic E-state index is 7.17. The van der Waals surface area contributed by atoms with E-state index in [1.807, 2.05) is 0 Å². The van der Waals surface area contributed by atoms with Crippen molar-refractivity contribution in [3.05, 3.63) is 0 Å². The van der Waals surface area contributed by atoms with Gasteiger partial charge < -0.3 is 151 Å². The monoisotopic (exact) mass is 678 g/mol. The van der Waals surface area contributed by atoms with Crippen molar-refractivity contribution in [1.29, 1.82) is 0 Å². The molecule has 0 saturated heterocycles. The Balaban J connectivity index is -0.0000000237. The minimum absolute atomic E-state index is 0. The van der Waals surface area contributed by atoms with Gasteiger partial charge in [-0.15, -0.1) is 0 Å². The molecule has 42 heteroatoms. The van der Waals surface area contributed by atoms with Crippen LogP contribution in [0, 0.1) is 0 Å². The quantitative estimate of drug-likeness (QED) is 0.106. The van der Waals surface area contributed by atoms with Crippen molar-refractivity contribution in [2.75, 3.05) is 0 Å². The van der Waals surface area contributed by atoms with Crippen molar-refractivity contribution < 1.29 is 151 Å². The summed E-state index contributed by atoms with van der Waals surface area (Å²) in [6, 6.07) is 0. The van der Waals surface area contributed by atoms with Crippen molar-refractivity contribution in [3.8, 4) is 0 Å².